The van der Waals surface area contributed by atoms with Gasteiger partial charge in [0, 0.05) is 6.54 Å². The molecule has 2 heterocycles. The molecule has 5 heteroatoms. The monoisotopic (exact) mass is 345 g/mol. The SMILES string of the molecule is Cc1ccccc1Cn1c(CNC(=O)c2ccco2)nc2ccccc21. The Morgan fingerprint density at radius 3 is 2.69 bits per heavy atom. The molecule has 0 fully saturated rings. The molecule has 0 aliphatic carbocycles. The van der Waals surface area contributed by atoms with Crippen molar-refractivity contribution in [3.8, 4) is 0 Å². The predicted octanol–water partition coefficient (Wildman–Crippen LogP) is 3.92. The molecule has 1 N–H and O–H groups in total. The molecule has 4 aromatic rings. The highest BCUT2D eigenvalue weighted by Gasteiger charge is 2.14. The van der Waals surface area contributed by atoms with Gasteiger partial charge in [-0.3, -0.25) is 4.79 Å². The number of amides is 1. The molecule has 26 heavy (non-hydrogen) atoms. The van der Waals surface area contributed by atoms with Crippen LogP contribution in [-0.4, -0.2) is 15.5 Å². The topological polar surface area (TPSA) is 60.1 Å². The number of fused-ring (bicyclic) bond motifs is 1. The molecule has 130 valence electrons. The van der Waals surface area contributed by atoms with E-state index in [0.29, 0.717) is 18.8 Å². The van der Waals surface area contributed by atoms with Crippen LogP contribution < -0.4 is 5.32 Å². The molecule has 0 saturated carbocycles. The first-order valence-corrected chi connectivity index (χ1v) is 8.53. The van der Waals surface area contributed by atoms with Crippen LogP contribution in [0.4, 0.5) is 0 Å². The maximum atomic E-state index is 12.2. The lowest BCUT2D eigenvalue weighted by molar-refractivity contribution is 0.0922. The van der Waals surface area contributed by atoms with Gasteiger partial charge >= 0.3 is 0 Å². The van der Waals surface area contributed by atoms with Crippen molar-refractivity contribution in [1.82, 2.24) is 14.9 Å². The lowest BCUT2D eigenvalue weighted by atomic mass is 10.1. The van der Waals surface area contributed by atoms with Crippen LogP contribution in [-0.2, 0) is 13.1 Å². The summed E-state index contributed by atoms with van der Waals surface area (Å²) in [5, 5.41) is 2.89. The zero-order chi connectivity index (χ0) is 17.9. The molecule has 0 aliphatic heterocycles. The van der Waals surface area contributed by atoms with Crippen LogP contribution >= 0.6 is 0 Å². The van der Waals surface area contributed by atoms with E-state index in [9.17, 15) is 4.79 Å². The Balaban J connectivity index is 1.65. The van der Waals surface area contributed by atoms with Gasteiger partial charge in [-0.05, 0) is 42.3 Å². The van der Waals surface area contributed by atoms with Crippen molar-refractivity contribution in [1.29, 1.82) is 0 Å². The van der Waals surface area contributed by atoms with Crippen molar-refractivity contribution >= 4 is 16.9 Å². The highest BCUT2D eigenvalue weighted by Crippen LogP contribution is 2.19. The van der Waals surface area contributed by atoms with Crippen molar-refractivity contribution in [2.75, 3.05) is 0 Å². The molecule has 0 spiro atoms. The average Bonchev–Trinajstić information content (AvgIpc) is 3.30. The fraction of sp³-hybridized carbons (Fsp3) is 0.143. The molecule has 0 atom stereocenters. The first-order chi connectivity index (χ1) is 12.7. The van der Waals surface area contributed by atoms with Crippen LogP contribution in [0.2, 0.25) is 0 Å². The maximum absolute atomic E-state index is 12.2. The van der Waals surface area contributed by atoms with E-state index in [2.05, 4.69) is 35.0 Å². The summed E-state index contributed by atoms with van der Waals surface area (Å²) in [6.45, 7) is 3.14. The smallest absolute Gasteiger partial charge is 0.287 e. The van der Waals surface area contributed by atoms with Gasteiger partial charge in [0.1, 0.15) is 5.82 Å². The summed E-state index contributed by atoms with van der Waals surface area (Å²) in [5.74, 6) is 0.866. The summed E-state index contributed by atoms with van der Waals surface area (Å²) >= 11 is 0. The highest BCUT2D eigenvalue weighted by molar-refractivity contribution is 5.91. The number of nitrogens with one attached hydrogen (secondary N) is 1. The number of carbonyl (C=O) groups is 1. The normalized spacial score (nSPS) is 11.0. The van der Waals surface area contributed by atoms with Gasteiger partial charge in [0.2, 0.25) is 0 Å². The van der Waals surface area contributed by atoms with Gasteiger partial charge < -0.3 is 14.3 Å². The summed E-state index contributed by atoms with van der Waals surface area (Å²) in [6.07, 6.45) is 1.49. The molecule has 2 aromatic carbocycles. The van der Waals surface area contributed by atoms with E-state index < -0.39 is 0 Å². The van der Waals surface area contributed by atoms with Gasteiger partial charge in [-0.25, -0.2) is 4.98 Å². The minimum atomic E-state index is -0.246. The predicted molar refractivity (Wildman–Crippen MR) is 99.9 cm³/mol. The molecule has 0 unspecified atom stereocenters. The van der Waals surface area contributed by atoms with Crippen LogP contribution in [0, 0.1) is 6.92 Å². The minimum absolute atomic E-state index is 0.246. The number of imidazole rings is 1. The van der Waals surface area contributed by atoms with Crippen molar-refractivity contribution < 1.29 is 9.21 Å². The molecule has 0 bridgehead atoms. The minimum Gasteiger partial charge on any atom is -0.459 e. The fourth-order valence-electron chi connectivity index (χ4n) is 3.05. The summed E-state index contributed by atoms with van der Waals surface area (Å²) < 4.78 is 7.30. The van der Waals surface area contributed by atoms with E-state index in [1.54, 1.807) is 12.1 Å². The van der Waals surface area contributed by atoms with E-state index in [4.69, 9.17) is 9.40 Å². The second-order valence-electron chi connectivity index (χ2n) is 6.19. The second-order valence-corrected chi connectivity index (χ2v) is 6.19. The van der Waals surface area contributed by atoms with Gasteiger partial charge in [0.25, 0.3) is 5.91 Å². The van der Waals surface area contributed by atoms with Gasteiger partial charge in [-0.2, -0.15) is 0 Å². The van der Waals surface area contributed by atoms with Crippen molar-refractivity contribution in [3.63, 3.8) is 0 Å². The number of para-hydroxylation sites is 2. The number of aromatic nitrogens is 2. The van der Waals surface area contributed by atoms with Gasteiger partial charge in [-0.1, -0.05) is 36.4 Å². The third-order valence-electron chi connectivity index (χ3n) is 4.48. The van der Waals surface area contributed by atoms with E-state index in [0.717, 1.165) is 16.9 Å². The average molecular weight is 345 g/mol. The molecule has 0 aliphatic rings. The molecule has 0 radical (unpaired) electrons. The Morgan fingerprint density at radius 1 is 1.08 bits per heavy atom. The number of benzene rings is 2. The van der Waals surface area contributed by atoms with Crippen molar-refractivity contribution in [2.24, 2.45) is 0 Å². The largest absolute Gasteiger partial charge is 0.459 e. The third kappa shape index (κ3) is 3.11. The maximum Gasteiger partial charge on any atom is 0.287 e. The first kappa shape index (κ1) is 16.1. The van der Waals surface area contributed by atoms with E-state index in [1.807, 2.05) is 30.3 Å². The fourth-order valence-corrected chi connectivity index (χ4v) is 3.05. The molecular formula is C21H19N3O2. The number of nitrogens with zero attached hydrogens (tertiary/aromatic N) is 2. The number of carbonyl (C=O) groups excluding carboxylic acids is 1. The van der Waals surface area contributed by atoms with Crippen LogP contribution in [0.1, 0.15) is 27.5 Å². The van der Waals surface area contributed by atoms with Crippen LogP contribution in [0.25, 0.3) is 11.0 Å². The van der Waals surface area contributed by atoms with Gasteiger partial charge in [0.15, 0.2) is 5.76 Å². The molecule has 1 amide bonds. The number of furan rings is 1. The summed E-state index contributed by atoms with van der Waals surface area (Å²) in [7, 11) is 0. The number of rotatable bonds is 5. The summed E-state index contributed by atoms with van der Waals surface area (Å²) in [4.78, 5) is 16.9. The standard InChI is InChI=1S/C21H19N3O2/c1-15-7-2-3-8-16(15)14-24-18-10-5-4-9-17(18)23-20(24)13-22-21(25)19-11-6-12-26-19/h2-12H,13-14H2,1H3,(H,22,25). The van der Waals surface area contributed by atoms with Crippen molar-refractivity contribution in [2.45, 2.75) is 20.0 Å². The zero-order valence-corrected chi connectivity index (χ0v) is 14.5. The Hall–Kier alpha value is -3.34. The molecule has 4 rings (SSSR count). The molecule has 5 nitrogen and oxygen atoms in total. The lowest BCUT2D eigenvalue weighted by Crippen LogP contribution is -2.24. The number of hydrogen-bond donors (Lipinski definition) is 1. The Bertz CT molecular complexity index is 1050. The van der Waals surface area contributed by atoms with E-state index in [-0.39, 0.29) is 5.91 Å². The third-order valence-corrected chi connectivity index (χ3v) is 4.48. The van der Waals surface area contributed by atoms with Gasteiger partial charge in [0.05, 0.1) is 23.8 Å². The summed E-state index contributed by atoms with van der Waals surface area (Å²) in [6, 6.07) is 19.7. The zero-order valence-electron chi connectivity index (χ0n) is 14.5. The molecule has 2 aromatic heterocycles. The van der Waals surface area contributed by atoms with Crippen molar-refractivity contribution in [3.05, 3.63) is 89.6 Å². The summed E-state index contributed by atoms with van der Waals surface area (Å²) in [5.41, 5.74) is 4.44. The molecular weight excluding hydrogens is 326 g/mol. The Morgan fingerprint density at radius 2 is 1.88 bits per heavy atom. The highest BCUT2D eigenvalue weighted by atomic mass is 16.3. The van der Waals surface area contributed by atoms with Gasteiger partial charge in [-0.15, -0.1) is 0 Å². The van der Waals surface area contributed by atoms with E-state index in [1.165, 1.54) is 17.4 Å². The number of hydrogen-bond acceptors (Lipinski definition) is 3. The first-order valence-electron chi connectivity index (χ1n) is 8.53. The van der Waals surface area contributed by atoms with E-state index >= 15 is 0 Å². The lowest BCUT2D eigenvalue weighted by Gasteiger charge is -2.12. The Kier molecular flexibility index (Phi) is 4.27. The van der Waals surface area contributed by atoms with Crippen LogP contribution in [0.5, 0.6) is 0 Å². The Labute approximate surface area is 151 Å². The van der Waals surface area contributed by atoms with Crippen LogP contribution in [0.3, 0.4) is 0 Å². The number of aryl methyl sites for hydroxylation is 1. The quantitative estimate of drug-likeness (QED) is 0.596. The second kappa shape index (κ2) is 6.88. The van der Waals surface area contributed by atoms with Crippen LogP contribution in [0.15, 0.2) is 71.3 Å². The molecule has 0 saturated heterocycles.